The van der Waals surface area contributed by atoms with E-state index in [1.54, 1.807) is 24.3 Å². The zero-order valence-electron chi connectivity index (χ0n) is 14.4. The van der Waals surface area contributed by atoms with Crippen molar-refractivity contribution in [2.45, 2.75) is 13.0 Å². The van der Waals surface area contributed by atoms with Gasteiger partial charge in [-0.05, 0) is 24.3 Å². The maximum Gasteiger partial charge on any atom is 0.328 e. The Morgan fingerprint density at radius 1 is 1.15 bits per heavy atom. The summed E-state index contributed by atoms with van der Waals surface area (Å²) < 4.78 is 1.88. The zero-order chi connectivity index (χ0) is 18.8. The number of para-hydroxylation sites is 1. The van der Waals surface area contributed by atoms with Gasteiger partial charge in [0.2, 0.25) is 5.91 Å². The highest BCUT2D eigenvalue weighted by Crippen LogP contribution is 2.22. The maximum absolute atomic E-state index is 12.7. The molecule has 136 valence electrons. The Kier molecular flexibility index (Phi) is 4.29. The van der Waals surface area contributed by atoms with Crippen LogP contribution in [-0.2, 0) is 11.3 Å². The fourth-order valence-corrected chi connectivity index (χ4v) is 3.03. The summed E-state index contributed by atoms with van der Waals surface area (Å²) in [6.45, 7) is 0.501. The molecule has 1 aromatic carbocycles. The number of anilines is 1. The van der Waals surface area contributed by atoms with Crippen molar-refractivity contribution in [1.29, 1.82) is 0 Å². The van der Waals surface area contributed by atoms with E-state index in [1.165, 1.54) is 4.90 Å². The summed E-state index contributed by atoms with van der Waals surface area (Å²) in [5.74, 6) is -0.627. The van der Waals surface area contributed by atoms with E-state index in [0.717, 1.165) is 11.3 Å². The van der Waals surface area contributed by atoms with Crippen LogP contribution >= 0.6 is 0 Å². The largest absolute Gasteiger partial charge is 0.346 e. The van der Waals surface area contributed by atoms with E-state index in [0.29, 0.717) is 11.3 Å². The van der Waals surface area contributed by atoms with Gasteiger partial charge in [-0.1, -0.05) is 18.2 Å². The van der Waals surface area contributed by atoms with Crippen molar-refractivity contribution in [1.82, 2.24) is 20.0 Å². The van der Waals surface area contributed by atoms with Crippen LogP contribution < -0.4 is 15.5 Å². The van der Waals surface area contributed by atoms with Crippen molar-refractivity contribution < 1.29 is 14.4 Å². The molecular formula is C19H17N5O3. The normalized spacial score (nSPS) is 14.3. The lowest BCUT2D eigenvalue weighted by molar-refractivity contribution is -0.120. The highest BCUT2D eigenvalue weighted by atomic mass is 16.2. The average molecular weight is 363 g/mol. The SMILES string of the molecule is O=C1CCN(c2ccccc2C(=O)NCc2cn3ccccc3n2)C(=O)N1. The number of carbonyl (C=O) groups excluding carboxylic acids is 3. The number of nitrogens with one attached hydrogen (secondary N) is 2. The molecule has 0 aliphatic carbocycles. The van der Waals surface area contributed by atoms with Crippen LogP contribution in [0.15, 0.2) is 54.9 Å². The third-order valence-corrected chi connectivity index (χ3v) is 4.34. The van der Waals surface area contributed by atoms with Crippen molar-refractivity contribution in [3.63, 3.8) is 0 Å². The number of nitrogens with zero attached hydrogens (tertiary/aromatic N) is 3. The molecule has 2 N–H and O–H groups in total. The number of aromatic nitrogens is 2. The molecule has 8 nitrogen and oxygen atoms in total. The van der Waals surface area contributed by atoms with Crippen molar-refractivity contribution >= 4 is 29.2 Å². The quantitative estimate of drug-likeness (QED) is 0.738. The molecule has 0 radical (unpaired) electrons. The highest BCUT2D eigenvalue weighted by Gasteiger charge is 2.27. The number of urea groups is 1. The smallest absolute Gasteiger partial charge is 0.328 e. The zero-order valence-corrected chi connectivity index (χ0v) is 14.4. The summed E-state index contributed by atoms with van der Waals surface area (Å²) in [4.78, 5) is 42.0. The second-order valence-electron chi connectivity index (χ2n) is 6.15. The second kappa shape index (κ2) is 6.91. The predicted octanol–water partition coefficient (Wildman–Crippen LogP) is 1.71. The van der Waals surface area contributed by atoms with Crippen molar-refractivity contribution in [3.8, 4) is 0 Å². The average Bonchev–Trinajstić information content (AvgIpc) is 3.09. The number of pyridine rings is 1. The lowest BCUT2D eigenvalue weighted by atomic mass is 10.1. The Morgan fingerprint density at radius 3 is 2.78 bits per heavy atom. The van der Waals surface area contributed by atoms with Crippen LogP contribution in [0.3, 0.4) is 0 Å². The maximum atomic E-state index is 12.7. The lowest BCUT2D eigenvalue weighted by Crippen LogP contribution is -2.50. The molecule has 1 saturated heterocycles. The van der Waals surface area contributed by atoms with Gasteiger partial charge in [-0.2, -0.15) is 0 Å². The molecule has 1 aliphatic rings. The summed E-state index contributed by atoms with van der Waals surface area (Å²) in [6, 6.07) is 12.0. The molecule has 8 heteroatoms. The highest BCUT2D eigenvalue weighted by molar-refractivity contribution is 6.09. The number of fused-ring (bicyclic) bond motifs is 1. The number of rotatable bonds is 4. The Hall–Kier alpha value is -3.68. The Bertz CT molecular complexity index is 1010. The first-order chi connectivity index (χ1) is 13.1. The minimum atomic E-state index is -0.521. The summed E-state index contributed by atoms with van der Waals surface area (Å²) in [7, 11) is 0. The van der Waals surface area contributed by atoms with E-state index >= 15 is 0 Å². The minimum Gasteiger partial charge on any atom is -0.346 e. The van der Waals surface area contributed by atoms with E-state index in [9.17, 15) is 14.4 Å². The van der Waals surface area contributed by atoms with E-state index in [2.05, 4.69) is 15.6 Å². The van der Waals surface area contributed by atoms with Crippen LogP contribution in [0.25, 0.3) is 5.65 Å². The number of carbonyl (C=O) groups is 3. The van der Waals surface area contributed by atoms with Crippen molar-refractivity contribution in [2.24, 2.45) is 0 Å². The first-order valence-electron chi connectivity index (χ1n) is 8.53. The Morgan fingerprint density at radius 2 is 1.96 bits per heavy atom. The Balaban J connectivity index is 1.52. The minimum absolute atomic E-state index is 0.197. The molecule has 4 amide bonds. The van der Waals surface area contributed by atoms with Crippen LogP contribution in [0, 0.1) is 0 Å². The Labute approximate surface area is 154 Å². The summed E-state index contributed by atoms with van der Waals surface area (Å²) >= 11 is 0. The van der Waals surface area contributed by atoms with E-state index in [4.69, 9.17) is 0 Å². The van der Waals surface area contributed by atoms with Crippen LogP contribution in [0.5, 0.6) is 0 Å². The molecule has 0 spiro atoms. The molecule has 1 fully saturated rings. The molecule has 0 saturated carbocycles. The lowest BCUT2D eigenvalue weighted by Gasteiger charge is -2.28. The van der Waals surface area contributed by atoms with Gasteiger partial charge in [0, 0.05) is 25.4 Å². The molecule has 0 atom stereocenters. The van der Waals surface area contributed by atoms with Crippen LogP contribution in [0.1, 0.15) is 22.5 Å². The monoisotopic (exact) mass is 363 g/mol. The first-order valence-corrected chi connectivity index (χ1v) is 8.53. The second-order valence-corrected chi connectivity index (χ2v) is 6.15. The number of hydrogen-bond donors (Lipinski definition) is 2. The van der Waals surface area contributed by atoms with Gasteiger partial charge in [-0.3, -0.25) is 19.8 Å². The van der Waals surface area contributed by atoms with Gasteiger partial charge in [-0.15, -0.1) is 0 Å². The molecule has 4 rings (SSSR count). The van der Waals surface area contributed by atoms with Crippen LogP contribution in [0.4, 0.5) is 10.5 Å². The topological polar surface area (TPSA) is 95.8 Å². The first kappa shape index (κ1) is 16.8. The summed E-state index contributed by atoms with van der Waals surface area (Å²) in [5.41, 5.74) is 2.37. The molecular weight excluding hydrogens is 346 g/mol. The molecule has 0 unspecified atom stereocenters. The number of benzene rings is 1. The van der Waals surface area contributed by atoms with Gasteiger partial charge >= 0.3 is 6.03 Å². The van der Waals surface area contributed by atoms with Gasteiger partial charge in [0.15, 0.2) is 0 Å². The van der Waals surface area contributed by atoms with Crippen molar-refractivity contribution in [3.05, 3.63) is 66.1 Å². The van der Waals surface area contributed by atoms with E-state index in [-0.39, 0.29) is 31.3 Å². The van der Waals surface area contributed by atoms with Gasteiger partial charge < -0.3 is 9.72 Å². The van der Waals surface area contributed by atoms with Gasteiger partial charge in [-0.25, -0.2) is 9.78 Å². The van der Waals surface area contributed by atoms with Crippen LogP contribution in [0.2, 0.25) is 0 Å². The molecule has 2 aromatic heterocycles. The third kappa shape index (κ3) is 3.37. The molecule has 27 heavy (non-hydrogen) atoms. The van der Waals surface area contributed by atoms with E-state index < -0.39 is 6.03 Å². The molecule has 1 aliphatic heterocycles. The van der Waals surface area contributed by atoms with Crippen molar-refractivity contribution in [2.75, 3.05) is 11.4 Å². The fourth-order valence-electron chi connectivity index (χ4n) is 3.03. The molecule has 3 aromatic rings. The predicted molar refractivity (Wildman–Crippen MR) is 98.3 cm³/mol. The van der Waals surface area contributed by atoms with Gasteiger partial charge in [0.25, 0.3) is 5.91 Å². The number of hydrogen-bond acceptors (Lipinski definition) is 4. The summed E-state index contributed by atoms with van der Waals surface area (Å²) in [5, 5.41) is 5.11. The van der Waals surface area contributed by atoms with Gasteiger partial charge in [0.1, 0.15) is 5.65 Å². The van der Waals surface area contributed by atoms with E-state index in [1.807, 2.05) is 35.0 Å². The number of amides is 4. The fraction of sp³-hybridized carbons (Fsp3) is 0.158. The number of imide groups is 1. The number of imidazole rings is 1. The van der Waals surface area contributed by atoms with Crippen LogP contribution in [-0.4, -0.2) is 33.8 Å². The van der Waals surface area contributed by atoms with Gasteiger partial charge in [0.05, 0.1) is 23.5 Å². The standard InChI is InChI=1S/C19H17N5O3/c25-17-8-10-24(19(27)22-17)15-6-2-1-5-14(15)18(26)20-11-13-12-23-9-4-3-7-16(23)21-13/h1-7,9,12H,8,10-11H2,(H,20,26)(H,22,25,27). The third-order valence-electron chi connectivity index (χ3n) is 4.34. The molecule has 0 bridgehead atoms. The summed E-state index contributed by atoms with van der Waals surface area (Å²) in [6.07, 6.45) is 3.94. The molecule has 3 heterocycles.